The van der Waals surface area contributed by atoms with E-state index in [9.17, 15) is 0 Å². The van der Waals surface area contributed by atoms with Crippen molar-refractivity contribution < 1.29 is 15.6 Å². The molecule has 0 bridgehead atoms. The van der Waals surface area contributed by atoms with Gasteiger partial charge in [-0.25, -0.2) is 0 Å². The van der Waals surface area contributed by atoms with Crippen LogP contribution in [0.1, 0.15) is 45.6 Å². The molecule has 0 radical (unpaired) electrons. The van der Waals surface area contributed by atoms with Crippen LogP contribution < -0.4 is 13.6 Å². The van der Waals surface area contributed by atoms with Crippen LogP contribution in [0.25, 0.3) is 39.1 Å². The van der Waals surface area contributed by atoms with Crippen molar-refractivity contribution in [2.75, 3.05) is 0 Å². The van der Waals surface area contributed by atoms with E-state index in [2.05, 4.69) is 177 Å². The molecule has 1 atom stereocenters. The number of hydrogen-bond donors (Lipinski definition) is 0. The standard InChI is InChI=1S/C22H19.C13H9.C12H11Si.2ClH.Zr/c1-2-7-16-14-18-10-6-13-21(22(18)15-16)20-12-5-9-17-8-3-4-11-19(17)20;1-3-7-12-10(5-1)9-11-6-2-4-8-13(11)12;1-3-7-11(8-4-1)13-12-9-5-2-6-10-12;;;/h3-6,8-15H,2,7H2,1H3;1-5,7-8H,9H2;1-10,13H;2*1H;/q;;;;;+2/p-2. The Morgan fingerprint density at radius 3 is 1.94 bits per heavy atom. The van der Waals surface area contributed by atoms with Gasteiger partial charge in [-0.15, -0.1) is 0 Å². The molecule has 0 fully saturated rings. The second kappa shape index (κ2) is 13.0. The molecule has 0 aliphatic heterocycles. The van der Waals surface area contributed by atoms with E-state index in [0.717, 1.165) is 19.3 Å². The maximum atomic E-state index is 9.14. The van der Waals surface area contributed by atoms with Crippen LogP contribution >= 0.6 is 17.0 Å². The predicted molar refractivity (Wildman–Crippen MR) is 220 cm³/mol. The summed E-state index contributed by atoms with van der Waals surface area (Å²) >= 11 is -5.44. The van der Waals surface area contributed by atoms with Crippen molar-refractivity contribution in [2.24, 2.45) is 0 Å². The molecular formula is C47H39Cl2SiZr. The Bertz CT molecular complexity index is 2420. The Morgan fingerprint density at radius 2 is 1.18 bits per heavy atom. The summed E-state index contributed by atoms with van der Waals surface area (Å²) in [5, 5.41) is 5.16. The molecule has 7 aromatic rings. The summed E-state index contributed by atoms with van der Waals surface area (Å²) in [6, 6.07) is 60.2. The van der Waals surface area contributed by atoms with Gasteiger partial charge in [0.2, 0.25) is 0 Å². The molecule has 2 aliphatic carbocycles. The minimum absolute atomic E-state index is 0.0630. The van der Waals surface area contributed by atoms with Crippen molar-refractivity contribution in [2.45, 2.75) is 29.8 Å². The zero-order chi connectivity index (χ0) is 34.6. The van der Waals surface area contributed by atoms with Gasteiger partial charge in [0, 0.05) is 0 Å². The molecule has 249 valence electrons. The molecule has 0 amide bonds. The van der Waals surface area contributed by atoms with E-state index < -0.39 is 21.5 Å². The van der Waals surface area contributed by atoms with Gasteiger partial charge in [-0.05, 0) is 0 Å². The number of rotatable bonds is 8. The van der Waals surface area contributed by atoms with Crippen molar-refractivity contribution in [3.05, 3.63) is 192 Å². The van der Waals surface area contributed by atoms with Crippen LogP contribution in [0, 0.1) is 0 Å². The first kappa shape index (κ1) is 33.1. The third-order valence-electron chi connectivity index (χ3n) is 11.5. The van der Waals surface area contributed by atoms with Crippen LogP contribution in [0.4, 0.5) is 0 Å². The predicted octanol–water partition coefficient (Wildman–Crippen LogP) is 11.2. The summed E-state index contributed by atoms with van der Waals surface area (Å²) in [7, 11) is 18.3. The fourth-order valence-corrected chi connectivity index (χ4v) is 55.6. The van der Waals surface area contributed by atoms with E-state index in [0.29, 0.717) is 0 Å². The number of benzene rings is 7. The minimum atomic E-state index is -5.44. The van der Waals surface area contributed by atoms with Crippen LogP contribution in [0.5, 0.6) is 0 Å². The Kier molecular flexibility index (Phi) is 8.44. The molecule has 0 saturated heterocycles. The Balaban J connectivity index is 1.38. The Morgan fingerprint density at radius 1 is 0.588 bits per heavy atom. The molecule has 9 rings (SSSR count). The SMILES string of the molecule is CCCC1=Cc2c(-c3cccc4ccccc34)cccc2[CH]1[Zr]([Cl])([Cl])([c]1cccc2c1Cc1ccccc1-2)[SiH](c1ccccc1)c1ccccc1. The van der Waals surface area contributed by atoms with Gasteiger partial charge in [-0.3, -0.25) is 0 Å². The third-order valence-corrected chi connectivity index (χ3v) is 51.9. The Labute approximate surface area is 310 Å². The van der Waals surface area contributed by atoms with E-state index in [1.54, 1.807) is 0 Å². The summed E-state index contributed by atoms with van der Waals surface area (Å²) in [6.45, 7) is 2.29. The summed E-state index contributed by atoms with van der Waals surface area (Å²) < 4.78 is 1.19. The number of allylic oxidation sites excluding steroid dienone is 1. The van der Waals surface area contributed by atoms with Gasteiger partial charge >= 0.3 is 313 Å². The molecule has 1 unspecified atom stereocenters. The first-order chi connectivity index (χ1) is 25.0. The second-order valence-electron chi connectivity index (χ2n) is 14.3. The van der Waals surface area contributed by atoms with Crippen LogP contribution in [0.15, 0.2) is 169 Å². The molecule has 0 spiro atoms. The molecule has 51 heavy (non-hydrogen) atoms. The third kappa shape index (κ3) is 5.25. The average Bonchev–Trinajstić information content (AvgIpc) is 3.75. The Hall–Kier alpha value is -3.78. The molecule has 4 heteroatoms. The monoisotopic (exact) mass is 791 g/mol. The zero-order valence-corrected chi connectivity index (χ0v) is 33.8. The topological polar surface area (TPSA) is 0 Å². The first-order valence-electron chi connectivity index (χ1n) is 18.2. The van der Waals surface area contributed by atoms with Gasteiger partial charge in [0.1, 0.15) is 0 Å². The van der Waals surface area contributed by atoms with Gasteiger partial charge in [0.05, 0.1) is 0 Å². The fourth-order valence-electron chi connectivity index (χ4n) is 9.47. The maximum absolute atomic E-state index is 9.14. The summed E-state index contributed by atoms with van der Waals surface area (Å²) in [5.41, 5.74) is 11.8. The van der Waals surface area contributed by atoms with E-state index in [1.165, 1.54) is 74.5 Å². The normalized spacial score (nSPS) is 15.6. The van der Waals surface area contributed by atoms with Crippen LogP contribution in [-0.4, -0.2) is 5.92 Å². The molecular weight excluding hydrogens is 755 g/mol. The zero-order valence-electron chi connectivity index (χ0n) is 28.7. The molecule has 0 saturated carbocycles. The van der Waals surface area contributed by atoms with Gasteiger partial charge < -0.3 is 0 Å². The van der Waals surface area contributed by atoms with Gasteiger partial charge in [0.25, 0.3) is 0 Å². The van der Waals surface area contributed by atoms with Crippen LogP contribution in [-0.2, 0) is 22.0 Å². The molecule has 7 aromatic carbocycles. The van der Waals surface area contributed by atoms with Gasteiger partial charge in [-0.1, -0.05) is 0 Å². The van der Waals surface area contributed by atoms with Crippen LogP contribution in [0.2, 0.25) is 0 Å². The van der Waals surface area contributed by atoms with E-state index >= 15 is 0 Å². The molecule has 0 N–H and O–H groups in total. The van der Waals surface area contributed by atoms with Crippen molar-refractivity contribution in [1.29, 1.82) is 0 Å². The number of fused-ring (bicyclic) bond motifs is 5. The van der Waals surface area contributed by atoms with E-state index in [1.807, 2.05) is 0 Å². The van der Waals surface area contributed by atoms with E-state index in [4.69, 9.17) is 17.0 Å². The summed E-state index contributed by atoms with van der Waals surface area (Å²) in [5.74, 6) is -2.36. The van der Waals surface area contributed by atoms with Crippen molar-refractivity contribution >= 4 is 53.4 Å². The van der Waals surface area contributed by atoms with Crippen LogP contribution in [0.3, 0.4) is 0 Å². The molecule has 0 heterocycles. The van der Waals surface area contributed by atoms with E-state index in [-0.39, 0.29) is 3.63 Å². The summed E-state index contributed by atoms with van der Waals surface area (Å²) in [6.07, 6.45) is 5.34. The quantitative estimate of drug-likeness (QED) is 0.134. The fraction of sp³-hybridized carbons (Fsp3) is 0.106. The first-order valence-corrected chi connectivity index (χ1v) is 33.1. The van der Waals surface area contributed by atoms with Crippen molar-refractivity contribution in [3.63, 3.8) is 0 Å². The molecule has 2 aliphatic rings. The number of halogens is 2. The second-order valence-corrected chi connectivity index (χ2v) is 51.4. The van der Waals surface area contributed by atoms with Gasteiger partial charge in [0.15, 0.2) is 0 Å². The van der Waals surface area contributed by atoms with Crippen molar-refractivity contribution in [3.8, 4) is 22.3 Å². The summed E-state index contributed by atoms with van der Waals surface area (Å²) in [4.78, 5) is 0. The molecule has 0 nitrogen and oxygen atoms in total. The average molecular weight is 794 g/mol. The molecule has 0 aromatic heterocycles. The van der Waals surface area contributed by atoms with Crippen molar-refractivity contribution in [1.82, 2.24) is 0 Å². The number of hydrogen-bond acceptors (Lipinski definition) is 0. The van der Waals surface area contributed by atoms with Gasteiger partial charge in [-0.2, -0.15) is 0 Å².